The molecule has 1 unspecified atom stereocenters. The second-order valence-corrected chi connectivity index (χ2v) is 9.74. The van der Waals surface area contributed by atoms with Crippen LogP contribution in [0.15, 0.2) is 52.3 Å². The largest absolute Gasteiger partial charge is 0.324 e. The van der Waals surface area contributed by atoms with Crippen LogP contribution in [-0.4, -0.2) is 51.8 Å². The molecule has 2 amide bonds. The molecule has 3 N–H and O–H groups in total. The van der Waals surface area contributed by atoms with Gasteiger partial charge in [-0.1, -0.05) is 0 Å². The van der Waals surface area contributed by atoms with E-state index in [4.69, 9.17) is 0 Å². The van der Waals surface area contributed by atoms with Gasteiger partial charge in [0.15, 0.2) is 0 Å². The number of benzene rings is 2. The van der Waals surface area contributed by atoms with Crippen LogP contribution < -0.4 is 16.0 Å². The summed E-state index contributed by atoms with van der Waals surface area (Å²) in [5.74, 6) is -0.324. The maximum absolute atomic E-state index is 12.6. The Bertz CT molecular complexity index is 959. The number of piperazine rings is 1. The number of hydrogen-bond donors (Lipinski definition) is 3. The molecule has 2 atom stereocenters. The molecule has 29 heavy (non-hydrogen) atoms. The van der Waals surface area contributed by atoms with Crippen molar-refractivity contribution in [1.29, 1.82) is 0 Å². The molecular weight excluding hydrogens is 408 g/mol. The van der Waals surface area contributed by atoms with Crippen molar-refractivity contribution in [2.24, 2.45) is 0 Å². The van der Waals surface area contributed by atoms with Crippen molar-refractivity contribution in [3.8, 4) is 0 Å². The third kappa shape index (κ3) is 4.53. The molecule has 0 aromatic heterocycles. The summed E-state index contributed by atoms with van der Waals surface area (Å²) in [4.78, 5) is 26.1. The smallest absolute Gasteiger partial charge is 0.255 e. The lowest BCUT2D eigenvalue weighted by Crippen LogP contribution is -2.44. The maximum Gasteiger partial charge on any atom is 0.255 e. The second-order valence-electron chi connectivity index (χ2n) is 6.87. The Labute approximate surface area is 176 Å². The molecule has 0 aliphatic carbocycles. The fourth-order valence-electron chi connectivity index (χ4n) is 3.17. The molecule has 0 radical (unpaired) electrons. The summed E-state index contributed by atoms with van der Waals surface area (Å²) >= 11 is 1.48. The third-order valence-corrected chi connectivity index (χ3v) is 7.48. The zero-order valence-corrected chi connectivity index (χ0v) is 17.6. The molecule has 0 saturated carbocycles. The highest BCUT2D eigenvalue weighted by molar-refractivity contribution is 8.01. The second kappa shape index (κ2) is 8.66. The first kappa shape index (κ1) is 20.1. The number of hydrogen-bond acceptors (Lipinski definition) is 5. The van der Waals surface area contributed by atoms with E-state index in [1.165, 1.54) is 11.8 Å². The van der Waals surface area contributed by atoms with Crippen molar-refractivity contribution in [2.75, 3.05) is 36.8 Å². The molecule has 0 bridgehead atoms. The van der Waals surface area contributed by atoms with Gasteiger partial charge in [-0.15, -0.1) is 11.8 Å². The Morgan fingerprint density at radius 1 is 1.17 bits per heavy atom. The number of carbonyl (C=O) groups excluding carboxylic acids is 2. The lowest BCUT2D eigenvalue weighted by Gasteiger charge is -2.25. The number of amides is 2. The molecule has 4 rings (SSSR count). The van der Waals surface area contributed by atoms with E-state index in [9.17, 15) is 13.8 Å². The minimum Gasteiger partial charge on any atom is -0.324 e. The van der Waals surface area contributed by atoms with Crippen LogP contribution in [0.1, 0.15) is 17.3 Å². The molecule has 2 aliphatic heterocycles. The van der Waals surface area contributed by atoms with Crippen molar-refractivity contribution < 1.29 is 13.8 Å². The predicted octanol–water partition coefficient (Wildman–Crippen LogP) is 2.30. The molecule has 1 fully saturated rings. The summed E-state index contributed by atoms with van der Waals surface area (Å²) in [7, 11) is -1.20. The summed E-state index contributed by atoms with van der Waals surface area (Å²) in [6.07, 6.45) is 0. The molecule has 2 heterocycles. The van der Waals surface area contributed by atoms with Crippen molar-refractivity contribution in [3.05, 3.63) is 48.0 Å². The van der Waals surface area contributed by atoms with Gasteiger partial charge in [0.25, 0.3) is 5.91 Å². The molecule has 152 valence electrons. The number of rotatable bonds is 4. The number of thioether (sulfide) groups is 1. The summed E-state index contributed by atoms with van der Waals surface area (Å²) in [5.41, 5.74) is 1.75. The summed E-state index contributed by atoms with van der Waals surface area (Å²) in [5, 5.41) is 8.78. The van der Waals surface area contributed by atoms with Gasteiger partial charge in [0.1, 0.15) is 11.0 Å². The zero-order valence-electron chi connectivity index (χ0n) is 15.9. The molecule has 7 nitrogen and oxygen atoms in total. The normalized spacial score (nSPS) is 20.4. The SMILES string of the molecule is C[C@H]1Sc2ccc(C(=O)Nc3ccc(S(=O)N4CCNCC4)cc3)cc2NC1=O. The number of nitrogens with zero attached hydrogens (tertiary/aromatic N) is 1. The Morgan fingerprint density at radius 3 is 2.62 bits per heavy atom. The Balaban J connectivity index is 1.43. The quantitative estimate of drug-likeness (QED) is 0.693. The minimum atomic E-state index is -1.20. The molecule has 2 aromatic rings. The van der Waals surface area contributed by atoms with Crippen LogP contribution in [0, 0.1) is 0 Å². The van der Waals surface area contributed by atoms with Crippen LogP contribution in [0.4, 0.5) is 11.4 Å². The van der Waals surface area contributed by atoms with E-state index in [1.807, 2.05) is 17.3 Å². The van der Waals surface area contributed by atoms with Gasteiger partial charge in [-0.2, -0.15) is 0 Å². The first-order valence-corrected chi connectivity index (χ1v) is 11.4. The van der Waals surface area contributed by atoms with Crippen molar-refractivity contribution >= 4 is 45.9 Å². The standard InChI is InChI=1S/C20H22N4O3S2/c1-13-19(25)23-17-12-14(2-7-18(17)28-13)20(26)22-15-3-5-16(6-4-15)29(27)24-10-8-21-9-11-24/h2-7,12-13,21H,8-11H2,1H3,(H,22,26)(H,23,25)/t13-,29?/m1/s1. The monoisotopic (exact) mass is 430 g/mol. The summed E-state index contributed by atoms with van der Waals surface area (Å²) < 4.78 is 14.6. The average molecular weight is 431 g/mol. The van der Waals surface area contributed by atoms with Crippen LogP contribution >= 0.6 is 11.8 Å². The van der Waals surface area contributed by atoms with E-state index in [1.54, 1.807) is 36.4 Å². The zero-order chi connectivity index (χ0) is 20.4. The molecule has 2 aromatic carbocycles. The average Bonchev–Trinajstić information content (AvgIpc) is 2.75. The van der Waals surface area contributed by atoms with Crippen molar-refractivity contribution in [2.45, 2.75) is 22.0 Å². The number of carbonyl (C=O) groups is 2. The molecule has 1 saturated heterocycles. The fourth-order valence-corrected chi connectivity index (χ4v) is 5.28. The van der Waals surface area contributed by atoms with Crippen molar-refractivity contribution in [3.63, 3.8) is 0 Å². The first-order valence-electron chi connectivity index (χ1n) is 9.42. The van der Waals surface area contributed by atoms with Gasteiger partial charge in [-0.05, 0) is 49.4 Å². The number of fused-ring (bicyclic) bond motifs is 1. The Kier molecular flexibility index (Phi) is 6.00. The minimum absolute atomic E-state index is 0.0619. The van der Waals surface area contributed by atoms with E-state index in [2.05, 4.69) is 16.0 Å². The van der Waals surface area contributed by atoms with E-state index in [0.717, 1.165) is 31.1 Å². The fraction of sp³-hybridized carbons (Fsp3) is 0.300. The van der Waals surface area contributed by atoms with Gasteiger partial charge in [0.2, 0.25) is 5.91 Å². The van der Waals surface area contributed by atoms with E-state index < -0.39 is 11.0 Å². The van der Waals surface area contributed by atoms with Crippen LogP contribution in [0.2, 0.25) is 0 Å². The van der Waals surface area contributed by atoms with E-state index >= 15 is 0 Å². The number of anilines is 2. The highest BCUT2D eigenvalue weighted by Gasteiger charge is 2.24. The van der Waals surface area contributed by atoms with Crippen LogP contribution in [0.5, 0.6) is 0 Å². The lowest BCUT2D eigenvalue weighted by molar-refractivity contribution is -0.115. The first-order chi connectivity index (χ1) is 14.0. The highest BCUT2D eigenvalue weighted by atomic mass is 32.2. The summed E-state index contributed by atoms with van der Waals surface area (Å²) in [6.45, 7) is 5.01. The predicted molar refractivity (Wildman–Crippen MR) is 116 cm³/mol. The lowest BCUT2D eigenvalue weighted by atomic mass is 10.1. The van der Waals surface area contributed by atoms with Crippen LogP contribution in [0.25, 0.3) is 0 Å². The third-order valence-electron chi connectivity index (χ3n) is 4.80. The van der Waals surface area contributed by atoms with Gasteiger partial charge >= 0.3 is 0 Å². The van der Waals surface area contributed by atoms with Crippen molar-refractivity contribution in [1.82, 2.24) is 9.62 Å². The Morgan fingerprint density at radius 2 is 1.90 bits per heavy atom. The van der Waals surface area contributed by atoms with Gasteiger partial charge in [0.05, 0.1) is 15.8 Å². The molecule has 9 heteroatoms. The van der Waals surface area contributed by atoms with Gasteiger partial charge < -0.3 is 16.0 Å². The highest BCUT2D eigenvalue weighted by Crippen LogP contribution is 2.36. The molecule has 2 aliphatic rings. The Hall–Kier alpha value is -2.20. The van der Waals surface area contributed by atoms with Gasteiger partial charge in [0, 0.05) is 42.3 Å². The maximum atomic E-state index is 12.6. The van der Waals surface area contributed by atoms with Crippen LogP contribution in [0.3, 0.4) is 0 Å². The topological polar surface area (TPSA) is 90.5 Å². The van der Waals surface area contributed by atoms with E-state index in [0.29, 0.717) is 21.8 Å². The van der Waals surface area contributed by atoms with Gasteiger partial charge in [-0.25, -0.2) is 8.51 Å². The van der Waals surface area contributed by atoms with Crippen LogP contribution in [-0.2, 0) is 15.8 Å². The molecular formula is C20H22N4O3S2. The van der Waals surface area contributed by atoms with E-state index in [-0.39, 0.29) is 17.1 Å². The summed E-state index contributed by atoms with van der Waals surface area (Å²) in [6, 6.07) is 12.4. The number of nitrogens with one attached hydrogen (secondary N) is 3. The van der Waals surface area contributed by atoms with Gasteiger partial charge in [-0.3, -0.25) is 9.59 Å². The molecule has 0 spiro atoms.